The van der Waals surface area contributed by atoms with Gasteiger partial charge in [-0.15, -0.1) is 5.10 Å². The lowest BCUT2D eigenvalue weighted by atomic mass is 10.2. The van der Waals surface area contributed by atoms with Gasteiger partial charge >= 0.3 is 0 Å². The first-order valence-electron chi connectivity index (χ1n) is 9.69. The zero-order chi connectivity index (χ0) is 21.2. The van der Waals surface area contributed by atoms with Gasteiger partial charge in [0, 0.05) is 17.8 Å². The van der Waals surface area contributed by atoms with Crippen molar-refractivity contribution in [1.82, 2.24) is 29.5 Å². The molecule has 3 aromatic heterocycles. The number of para-hydroxylation sites is 2. The fourth-order valence-corrected chi connectivity index (χ4v) is 3.27. The van der Waals surface area contributed by atoms with Crippen LogP contribution in [0.4, 0.5) is 11.6 Å². The first-order chi connectivity index (χ1) is 15.2. The molecule has 0 saturated carbocycles. The van der Waals surface area contributed by atoms with Gasteiger partial charge in [0.25, 0.3) is 5.56 Å². The Labute approximate surface area is 176 Å². The number of aromatic nitrogens is 6. The largest absolute Gasteiger partial charge is 0.493 e. The van der Waals surface area contributed by atoms with Crippen molar-refractivity contribution in [2.24, 2.45) is 0 Å². The number of hydrogen-bond donors (Lipinski definition) is 1. The topological polar surface area (TPSA) is 107 Å². The minimum atomic E-state index is -0.456. The van der Waals surface area contributed by atoms with E-state index in [4.69, 9.17) is 9.72 Å². The van der Waals surface area contributed by atoms with E-state index in [1.54, 1.807) is 4.52 Å². The number of benzene rings is 2. The predicted molar refractivity (Wildman–Crippen MR) is 116 cm³/mol. The summed E-state index contributed by atoms with van der Waals surface area (Å²) in [6.45, 7) is 2.45. The Hall–Kier alpha value is -4.40. The lowest BCUT2D eigenvalue weighted by Crippen LogP contribution is -2.11. The maximum absolute atomic E-state index is 12.3. The van der Waals surface area contributed by atoms with Crippen molar-refractivity contribution in [3.63, 3.8) is 0 Å². The lowest BCUT2D eigenvalue weighted by Gasteiger charge is -2.07. The van der Waals surface area contributed by atoms with E-state index >= 15 is 0 Å². The van der Waals surface area contributed by atoms with Crippen molar-refractivity contribution in [3.8, 4) is 17.1 Å². The van der Waals surface area contributed by atoms with Crippen LogP contribution in [0.5, 0.6) is 5.75 Å². The fraction of sp³-hybridized carbons (Fsp3) is 0.0909. The smallest absolute Gasteiger partial charge is 0.295 e. The van der Waals surface area contributed by atoms with Gasteiger partial charge in [0.15, 0.2) is 11.5 Å². The molecule has 5 rings (SSSR count). The molecule has 9 heteroatoms. The number of nitrogens with zero attached hydrogens (tertiary/aromatic N) is 6. The van der Waals surface area contributed by atoms with Crippen LogP contribution in [0.15, 0.2) is 71.9 Å². The van der Waals surface area contributed by atoms with E-state index in [2.05, 4.69) is 25.4 Å². The normalized spacial score (nSPS) is 11.0. The lowest BCUT2D eigenvalue weighted by molar-refractivity contribution is 0.341. The van der Waals surface area contributed by atoms with E-state index < -0.39 is 5.56 Å². The Bertz CT molecular complexity index is 1470. The summed E-state index contributed by atoms with van der Waals surface area (Å²) in [5, 5.41) is 8.52. The molecule has 31 heavy (non-hydrogen) atoms. The summed E-state index contributed by atoms with van der Waals surface area (Å²) in [6.07, 6.45) is 4.18. The summed E-state index contributed by atoms with van der Waals surface area (Å²) < 4.78 is 7.32. The van der Waals surface area contributed by atoms with Gasteiger partial charge < -0.3 is 10.1 Å². The molecule has 0 bridgehead atoms. The quantitative estimate of drug-likeness (QED) is 0.470. The van der Waals surface area contributed by atoms with Gasteiger partial charge in [-0.25, -0.2) is 15.0 Å². The van der Waals surface area contributed by atoms with E-state index in [-0.39, 0.29) is 5.69 Å². The fourth-order valence-electron chi connectivity index (χ4n) is 3.27. The van der Waals surface area contributed by atoms with E-state index in [0.717, 1.165) is 10.9 Å². The molecule has 9 nitrogen and oxygen atoms in total. The van der Waals surface area contributed by atoms with Crippen LogP contribution in [0.25, 0.3) is 27.9 Å². The molecule has 2 aromatic carbocycles. The molecule has 0 saturated heterocycles. The maximum Gasteiger partial charge on any atom is 0.295 e. The molecule has 0 spiro atoms. The first-order valence-corrected chi connectivity index (χ1v) is 9.69. The third-order valence-corrected chi connectivity index (χ3v) is 4.63. The van der Waals surface area contributed by atoms with E-state index in [0.29, 0.717) is 35.3 Å². The van der Waals surface area contributed by atoms with Crippen LogP contribution in [0.1, 0.15) is 6.92 Å². The van der Waals surface area contributed by atoms with Crippen molar-refractivity contribution in [3.05, 3.63) is 77.5 Å². The molecule has 0 radical (unpaired) electrons. The van der Waals surface area contributed by atoms with Crippen LogP contribution < -0.4 is 15.6 Å². The number of anilines is 2. The monoisotopic (exact) mass is 411 g/mol. The number of nitrogens with one attached hydrogen (secondary N) is 1. The van der Waals surface area contributed by atoms with Gasteiger partial charge in [-0.3, -0.25) is 9.78 Å². The second-order valence-corrected chi connectivity index (χ2v) is 6.60. The van der Waals surface area contributed by atoms with Crippen LogP contribution in [0.2, 0.25) is 0 Å². The third-order valence-electron chi connectivity index (χ3n) is 4.63. The SMILES string of the molecule is CCOc1ccccc1-c1nc2c3ccccc3nc(Nc3cnccnc3=O)n2n1. The van der Waals surface area contributed by atoms with Gasteiger partial charge in [0.2, 0.25) is 5.95 Å². The standard InChI is InChI=1S/C22H17N7O2/c1-2-31-18-10-6-4-8-15(18)19-27-20-14-7-3-5-9-16(14)25-22(29(20)28-19)26-17-13-23-11-12-24-21(17)30/h3-13H,2H2,1H3,(H,24,25,26,30). The molecule has 5 aromatic rings. The molecule has 0 amide bonds. The summed E-state index contributed by atoms with van der Waals surface area (Å²) >= 11 is 0. The van der Waals surface area contributed by atoms with Crippen LogP contribution in [-0.2, 0) is 0 Å². The van der Waals surface area contributed by atoms with Crippen molar-refractivity contribution >= 4 is 28.2 Å². The minimum absolute atomic E-state index is 0.181. The predicted octanol–water partition coefficient (Wildman–Crippen LogP) is 3.24. The van der Waals surface area contributed by atoms with Crippen LogP contribution in [0.3, 0.4) is 0 Å². The number of ether oxygens (including phenoxy) is 1. The highest BCUT2D eigenvalue weighted by molar-refractivity contribution is 5.93. The molecule has 0 atom stereocenters. The average molecular weight is 411 g/mol. The highest BCUT2D eigenvalue weighted by atomic mass is 16.5. The Morgan fingerprint density at radius 2 is 1.87 bits per heavy atom. The molecule has 3 heterocycles. The zero-order valence-corrected chi connectivity index (χ0v) is 16.6. The molecule has 0 fully saturated rings. The molecule has 0 aliphatic rings. The van der Waals surface area contributed by atoms with E-state index in [9.17, 15) is 4.79 Å². The Balaban J connectivity index is 1.75. The number of hydrogen-bond acceptors (Lipinski definition) is 8. The summed E-state index contributed by atoms with van der Waals surface area (Å²) in [5.41, 5.74) is 1.80. The van der Waals surface area contributed by atoms with Crippen molar-refractivity contribution < 1.29 is 4.74 Å². The van der Waals surface area contributed by atoms with Gasteiger partial charge in [0.1, 0.15) is 11.4 Å². The van der Waals surface area contributed by atoms with Crippen molar-refractivity contribution in [2.75, 3.05) is 11.9 Å². The highest BCUT2D eigenvalue weighted by Crippen LogP contribution is 2.30. The van der Waals surface area contributed by atoms with Crippen LogP contribution in [0, 0.1) is 0 Å². The van der Waals surface area contributed by atoms with Crippen LogP contribution in [-0.4, -0.2) is 36.2 Å². The van der Waals surface area contributed by atoms with Crippen molar-refractivity contribution in [2.45, 2.75) is 6.92 Å². The molecule has 0 unspecified atom stereocenters. The molecular weight excluding hydrogens is 394 g/mol. The molecule has 1 N–H and O–H groups in total. The van der Waals surface area contributed by atoms with Crippen LogP contribution >= 0.6 is 0 Å². The third kappa shape index (κ3) is 3.42. The minimum Gasteiger partial charge on any atom is -0.493 e. The summed E-state index contributed by atoms with van der Waals surface area (Å²) in [7, 11) is 0. The molecule has 152 valence electrons. The second kappa shape index (κ2) is 7.79. The van der Waals surface area contributed by atoms with Crippen molar-refractivity contribution in [1.29, 1.82) is 0 Å². The van der Waals surface area contributed by atoms with Gasteiger partial charge in [-0.1, -0.05) is 24.3 Å². The highest BCUT2D eigenvalue weighted by Gasteiger charge is 2.17. The molecular formula is C22H17N7O2. The summed E-state index contributed by atoms with van der Waals surface area (Å²) in [4.78, 5) is 29.5. The summed E-state index contributed by atoms with van der Waals surface area (Å²) in [5.74, 6) is 1.51. The number of rotatable bonds is 5. The van der Waals surface area contributed by atoms with Gasteiger partial charge in [0.05, 0.1) is 23.9 Å². The average Bonchev–Trinajstić information content (AvgIpc) is 3.14. The van der Waals surface area contributed by atoms with E-state index in [1.165, 1.54) is 18.6 Å². The van der Waals surface area contributed by atoms with E-state index in [1.807, 2.05) is 55.5 Å². The first kappa shape index (κ1) is 18.6. The molecule has 0 aliphatic heterocycles. The summed E-state index contributed by atoms with van der Waals surface area (Å²) in [6, 6.07) is 15.2. The second-order valence-electron chi connectivity index (χ2n) is 6.60. The maximum atomic E-state index is 12.3. The Morgan fingerprint density at radius 1 is 1.03 bits per heavy atom. The van der Waals surface area contributed by atoms with Gasteiger partial charge in [-0.05, 0) is 31.2 Å². The Kier molecular flexibility index (Phi) is 4.68. The zero-order valence-electron chi connectivity index (χ0n) is 16.6. The van der Waals surface area contributed by atoms with Gasteiger partial charge in [-0.2, -0.15) is 4.52 Å². The number of fused-ring (bicyclic) bond motifs is 3. The Morgan fingerprint density at radius 3 is 2.77 bits per heavy atom. The molecule has 0 aliphatic carbocycles.